The summed E-state index contributed by atoms with van der Waals surface area (Å²) in [5.74, 6) is 0.249. The SMILES string of the molecule is COc1ccccc1NC(=O)CN1CCOC(c2ccc(F)cc2)C1. The maximum atomic E-state index is 13.1. The molecule has 1 unspecified atom stereocenters. The lowest BCUT2D eigenvalue weighted by Crippen LogP contribution is -2.42. The van der Waals surface area contributed by atoms with Gasteiger partial charge in [-0.15, -0.1) is 0 Å². The molecule has 1 saturated heterocycles. The standard InChI is InChI=1S/C19H21FN2O3/c1-24-17-5-3-2-4-16(17)21-19(23)13-22-10-11-25-18(12-22)14-6-8-15(20)9-7-14/h2-9,18H,10-13H2,1H3,(H,21,23). The van der Waals surface area contributed by atoms with Crippen molar-refractivity contribution in [3.05, 3.63) is 59.9 Å². The number of amides is 1. The third-order valence-electron chi connectivity index (χ3n) is 4.14. The fourth-order valence-electron chi connectivity index (χ4n) is 2.87. The van der Waals surface area contributed by atoms with Crippen molar-refractivity contribution in [2.24, 2.45) is 0 Å². The fraction of sp³-hybridized carbons (Fsp3) is 0.316. The molecule has 2 aromatic carbocycles. The molecule has 1 aliphatic rings. The van der Waals surface area contributed by atoms with E-state index in [-0.39, 0.29) is 24.4 Å². The summed E-state index contributed by atoms with van der Waals surface area (Å²) >= 11 is 0. The van der Waals surface area contributed by atoms with Crippen molar-refractivity contribution in [3.8, 4) is 5.75 Å². The first-order valence-electron chi connectivity index (χ1n) is 8.18. The number of methoxy groups -OCH3 is 1. The lowest BCUT2D eigenvalue weighted by atomic mass is 10.1. The van der Waals surface area contributed by atoms with E-state index in [0.717, 1.165) is 5.56 Å². The number of nitrogens with zero attached hydrogens (tertiary/aromatic N) is 1. The second kappa shape index (κ2) is 8.09. The highest BCUT2D eigenvalue weighted by Crippen LogP contribution is 2.24. The second-order valence-electron chi connectivity index (χ2n) is 5.89. The lowest BCUT2D eigenvalue weighted by Gasteiger charge is -2.32. The quantitative estimate of drug-likeness (QED) is 0.906. The smallest absolute Gasteiger partial charge is 0.238 e. The van der Waals surface area contributed by atoms with Crippen molar-refractivity contribution >= 4 is 11.6 Å². The van der Waals surface area contributed by atoms with E-state index in [9.17, 15) is 9.18 Å². The molecule has 1 N–H and O–H groups in total. The van der Waals surface area contributed by atoms with Gasteiger partial charge in [-0.1, -0.05) is 24.3 Å². The number of hydrogen-bond donors (Lipinski definition) is 1. The summed E-state index contributed by atoms with van der Waals surface area (Å²) in [5.41, 5.74) is 1.56. The van der Waals surface area contributed by atoms with Crippen LogP contribution in [-0.2, 0) is 9.53 Å². The molecule has 0 spiro atoms. The number of ether oxygens (including phenoxy) is 2. The number of morpholine rings is 1. The van der Waals surface area contributed by atoms with Crippen molar-refractivity contribution in [3.63, 3.8) is 0 Å². The molecular weight excluding hydrogens is 323 g/mol. The largest absolute Gasteiger partial charge is 0.495 e. The Morgan fingerprint density at radius 1 is 1.28 bits per heavy atom. The summed E-state index contributed by atoms with van der Waals surface area (Å²) in [5, 5.41) is 2.87. The number of benzene rings is 2. The van der Waals surface area contributed by atoms with Gasteiger partial charge in [-0.05, 0) is 29.8 Å². The molecule has 0 aliphatic carbocycles. The van der Waals surface area contributed by atoms with Crippen LogP contribution in [-0.4, -0.2) is 44.2 Å². The first-order valence-corrected chi connectivity index (χ1v) is 8.18. The summed E-state index contributed by atoms with van der Waals surface area (Å²) in [6.45, 7) is 2.06. The number of nitrogens with one attached hydrogen (secondary N) is 1. The van der Waals surface area contributed by atoms with Gasteiger partial charge in [0, 0.05) is 13.1 Å². The van der Waals surface area contributed by atoms with Crippen molar-refractivity contribution in [2.45, 2.75) is 6.10 Å². The maximum Gasteiger partial charge on any atom is 0.238 e. The number of anilines is 1. The van der Waals surface area contributed by atoms with E-state index in [0.29, 0.717) is 31.1 Å². The fourth-order valence-corrected chi connectivity index (χ4v) is 2.87. The molecule has 25 heavy (non-hydrogen) atoms. The third-order valence-corrected chi connectivity index (χ3v) is 4.14. The zero-order chi connectivity index (χ0) is 17.6. The molecule has 1 aliphatic heterocycles. The minimum atomic E-state index is -0.271. The molecule has 0 radical (unpaired) electrons. The van der Waals surface area contributed by atoms with Crippen molar-refractivity contribution in [2.75, 3.05) is 38.7 Å². The lowest BCUT2D eigenvalue weighted by molar-refractivity contribution is -0.119. The van der Waals surface area contributed by atoms with E-state index in [2.05, 4.69) is 5.32 Å². The second-order valence-corrected chi connectivity index (χ2v) is 5.89. The molecule has 1 atom stereocenters. The van der Waals surface area contributed by atoms with Crippen molar-refractivity contribution in [1.29, 1.82) is 0 Å². The van der Waals surface area contributed by atoms with Gasteiger partial charge in [0.1, 0.15) is 11.6 Å². The van der Waals surface area contributed by atoms with E-state index < -0.39 is 0 Å². The van der Waals surface area contributed by atoms with Gasteiger partial charge >= 0.3 is 0 Å². The number of rotatable bonds is 5. The Morgan fingerprint density at radius 2 is 2.04 bits per heavy atom. The van der Waals surface area contributed by atoms with E-state index in [1.54, 1.807) is 31.4 Å². The van der Waals surface area contributed by atoms with Crippen molar-refractivity contribution < 1.29 is 18.7 Å². The van der Waals surface area contributed by atoms with Gasteiger partial charge in [0.15, 0.2) is 0 Å². The zero-order valence-corrected chi connectivity index (χ0v) is 14.1. The van der Waals surface area contributed by atoms with Gasteiger partial charge in [0.05, 0.1) is 32.1 Å². The number of para-hydroxylation sites is 2. The molecule has 132 valence electrons. The first-order chi connectivity index (χ1) is 12.2. The summed E-state index contributed by atoms with van der Waals surface area (Å²) in [4.78, 5) is 14.4. The number of carbonyl (C=O) groups excluding carboxylic acids is 1. The highest BCUT2D eigenvalue weighted by molar-refractivity contribution is 5.93. The molecule has 1 amide bonds. The van der Waals surface area contributed by atoms with Crippen LogP contribution < -0.4 is 10.1 Å². The summed E-state index contributed by atoms with van der Waals surface area (Å²) in [7, 11) is 1.57. The Hall–Kier alpha value is -2.44. The highest BCUT2D eigenvalue weighted by Gasteiger charge is 2.23. The minimum Gasteiger partial charge on any atom is -0.495 e. The van der Waals surface area contributed by atoms with Gasteiger partial charge in [0.2, 0.25) is 5.91 Å². The molecule has 3 rings (SSSR count). The van der Waals surface area contributed by atoms with Crippen LogP contribution in [0.5, 0.6) is 5.75 Å². The molecule has 0 aromatic heterocycles. The zero-order valence-electron chi connectivity index (χ0n) is 14.1. The van der Waals surface area contributed by atoms with E-state index in [1.165, 1.54) is 12.1 Å². The molecule has 2 aromatic rings. The van der Waals surface area contributed by atoms with Crippen LogP contribution in [0.3, 0.4) is 0 Å². The molecule has 0 saturated carbocycles. The average Bonchev–Trinajstić information content (AvgIpc) is 2.63. The van der Waals surface area contributed by atoms with E-state index in [4.69, 9.17) is 9.47 Å². The summed E-state index contributed by atoms with van der Waals surface area (Å²) < 4.78 is 24.1. The Labute approximate surface area is 146 Å². The van der Waals surface area contributed by atoms with E-state index in [1.807, 2.05) is 17.0 Å². The van der Waals surface area contributed by atoms with Crippen LogP contribution in [0.4, 0.5) is 10.1 Å². The molecule has 5 nitrogen and oxygen atoms in total. The predicted octanol–water partition coefficient (Wildman–Crippen LogP) is 2.85. The molecular formula is C19H21FN2O3. The normalized spacial score (nSPS) is 17.9. The molecule has 1 fully saturated rings. The van der Waals surface area contributed by atoms with Crippen LogP contribution in [0, 0.1) is 5.82 Å². The van der Waals surface area contributed by atoms with Crippen LogP contribution in [0.1, 0.15) is 11.7 Å². The minimum absolute atomic E-state index is 0.107. The Kier molecular flexibility index (Phi) is 5.63. The van der Waals surface area contributed by atoms with Crippen LogP contribution in [0.15, 0.2) is 48.5 Å². The van der Waals surface area contributed by atoms with Gasteiger partial charge in [-0.3, -0.25) is 9.69 Å². The monoisotopic (exact) mass is 344 g/mol. The van der Waals surface area contributed by atoms with Gasteiger partial charge in [-0.2, -0.15) is 0 Å². The topological polar surface area (TPSA) is 50.8 Å². The number of hydrogen-bond acceptors (Lipinski definition) is 4. The molecule has 0 bridgehead atoms. The van der Waals surface area contributed by atoms with Gasteiger partial charge in [-0.25, -0.2) is 4.39 Å². The predicted molar refractivity (Wildman–Crippen MR) is 93.2 cm³/mol. The Morgan fingerprint density at radius 3 is 2.80 bits per heavy atom. The number of carbonyl (C=O) groups is 1. The average molecular weight is 344 g/mol. The maximum absolute atomic E-state index is 13.1. The highest BCUT2D eigenvalue weighted by atomic mass is 19.1. The van der Waals surface area contributed by atoms with Gasteiger partial charge in [0.25, 0.3) is 0 Å². The van der Waals surface area contributed by atoms with E-state index >= 15 is 0 Å². The van der Waals surface area contributed by atoms with Crippen LogP contribution >= 0.6 is 0 Å². The summed E-state index contributed by atoms with van der Waals surface area (Å²) in [6, 6.07) is 13.6. The van der Waals surface area contributed by atoms with Crippen molar-refractivity contribution in [1.82, 2.24) is 4.90 Å². The first kappa shape index (κ1) is 17.4. The third kappa shape index (κ3) is 4.55. The van der Waals surface area contributed by atoms with Gasteiger partial charge < -0.3 is 14.8 Å². The Balaban J connectivity index is 1.58. The molecule has 6 heteroatoms. The summed E-state index contributed by atoms with van der Waals surface area (Å²) in [6.07, 6.45) is -0.159. The molecule has 1 heterocycles. The van der Waals surface area contributed by atoms with Crippen LogP contribution in [0.2, 0.25) is 0 Å². The Bertz CT molecular complexity index is 721. The number of halogens is 1. The van der Waals surface area contributed by atoms with Crippen LogP contribution in [0.25, 0.3) is 0 Å².